The van der Waals surface area contributed by atoms with E-state index in [1.807, 2.05) is 6.92 Å². The SMILES string of the molecule is C=C1C(=O)O[C@H]2[C@H]1[C@@H](OC(=O)C(C)(O)CCl)C(OC(C)=O)/C(C(=O)OC)=C\CC[C@@]1(C)O[C@H]21. The van der Waals surface area contributed by atoms with Crippen LogP contribution < -0.4 is 0 Å². The Bertz CT molecular complexity index is 909. The zero-order valence-corrected chi connectivity index (χ0v) is 19.5. The van der Waals surface area contributed by atoms with Gasteiger partial charge in [-0.05, 0) is 26.7 Å². The lowest BCUT2D eigenvalue weighted by atomic mass is 9.80. The van der Waals surface area contributed by atoms with Crippen LogP contribution in [0.5, 0.6) is 0 Å². The van der Waals surface area contributed by atoms with Gasteiger partial charge in [0.1, 0.15) is 12.2 Å². The maximum Gasteiger partial charge on any atom is 0.339 e. The molecule has 0 aromatic rings. The van der Waals surface area contributed by atoms with Crippen LogP contribution >= 0.6 is 11.6 Å². The van der Waals surface area contributed by atoms with E-state index in [4.69, 9.17) is 35.3 Å². The summed E-state index contributed by atoms with van der Waals surface area (Å²) >= 11 is 5.71. The van der Waals surface area contributed by atoms with Gasteiger partial charge in [0, 0.05) is 12.5 Å². The Hall–Kier alpha value is -2.43. The number of epoxide rings is 1. The Labute approximate surface area is 195 Å². The lowest BCUT2D eigenvalue weighted by Crippen LogP contribution is -2.51. The van der Waals surface area contributed by atoms with Crippen molar-refractivity contribution in [3.05, 3.63) is 23.8 Å². The molecule has 3 rings (SSSR count). The van der Waals surface area contributed by atoms with Crippen LogP contribution in [0.25, 0.3) is 0 Å². The number of ether oxygens (including phenoxy) is 5. The lowest BCUT2D eigenvalue weighted by molar-refractivity contribution is -0.183. The van der Waals surface area contributed by atoms with E-state index < -0.39 is 71.3 Å². The highest BCUT2D eigenvalue weighted by molar-refractivity contribution is 6.20. The number of fused-ring (bicyclic) bond motifs is 3. The first-order chi connectivity index (χ1) is 15.4. The number of methoxy groups -OCH3 is 1. The third-order valence-corrected chi connectivity index (χ3v) is 6.64. The molecule has 2 unspecified atom stereocenters. The summed E-state index contributed by atoms with van der Waals surface area (Å²) in [6, 6.07) is 0. The molecule has 0 radical (unpaired) electrons. The van der Waals surface area contributed by atoms with Gasteiger partial charge in [-0.2, -0.15) is 0 Å². The van der Waals surface area contributed by atoms with Crippen molar-refractivity contribution >= 4 is 35.5 Å². The number of allylic oxidation sites excluding steroid dienone is 1. The Balaban J connectivity index is 2.17. The predicted molar refractivity (Wildman–Crippen MR) is 112 cm³/mol. The molecular formula is C22H27ClO10. The van der Waals surface area contributed by atoms with Gasteiger partial charge in [0.05, 0.1) is 30.1 Å². The summed E-state index contributed by atoms with van der Waals surface area (Å²) in [5, 5.41) is 10.3. The van der Waals surface area contributed by atoms with Gasteiger partial charge in [-0.3, -0.25) is 4.79 Å². The number of esters is 4. The third-order valence-electron chi connectivity index (χ3n) is 6.12. The van der Waals surface area contributed by atoms with Crippen LogP contribution in [0.15, 0.2) is 23.8 Å². The van der Waals surface area contributed by atoms with Crippen LogP contribution in [0.2, 0.25) is 0 Å². The van der Waals surface area contributed by atoms with Crippen LogP contribution in [-0.2, 0) is 42.9 Å². The van der Waals surface area contributed by atoms with Crippen LogP contribution in [-0.4, -0.2) is 77.6 Å². The predicted octanol–water partition coefficient (Wildman–Crippen LogP) is 0.968. The van der Waals surface area contributed by atoms with Gasteiger partial charge in [0.2, 0.25) is 0 Å². The minimum Gasteiger partial charge on any atom is -0.466 e. The first kappa shape index (κ1) is 25.2. The Morgan fingerprint density at radius 3 is 2.61 bits per heavy atom. The van der Waals surface area contributed by atoms with Gasteiger partial charge < -0.3 is 28.8 Å². The van der Waals surface area contributed by atoms with Gasteiger partial charge in [-0.25, -0.2) is 14.4 Å². The van der Waals surface area contributed by atoms with E-state index in [-0.39, 0.29) is 11.1 Å². The number of hydrogen-bond donors (Lipinski definition) is 1. The van der Waals surface area contributed by atoms with Crippen molar-refractivity contribution in [2.24, 2.45) is 5.92 Å². The molecule has 0 bridgehead atoms. The van der Waals surface area contributed by atoms with Crippen LogP contribution in [0.1, 0.15) is 33.6 Å². The zero-order chi connectivity index (χ0) is 24.7. The fourth-order valence-corrected chi connectivity index (χ4v) is 4.29. The maximum atomic E-state index is 12.8. The van der Waals surface area contributed by atoms with Crippen molar-refractivity contribution in [2.45, 2.75) is 69.2 Å². The molecule has 2 heterocycles. The molecule has 0 spiro atoms. The van der Waals surface area contributed by atoms with Gasteiger partial charge in [0.15, 0.2) is 17.8 Å². The molecule has 0 aromatic carbocycles. The Kier molecular flexibility index (Phi) is 6.93. The van der Waals surface area contributed by atoms with E-state index >= 15 is 0 Å². The molecule has 0 amide bonds. The van der Waals surface area contributed by atoms with Gasteiger partial charge in [-0.15, -0.1) is 11.6 Å². The van der Waals surface area contributed by atoms with E-state index in [9.17, 15) is 24.3 Å². The molecule has 0 aromatic heterocycles. The van der Waals surface area contributed by atoms with Crippen molar-refractivity contribution in [2.75, 3.05) is 13.0 Å². The molecule has 1 N–H and O–H groups in total. The number of carbonyl (C=O) groups excluding carboxylic acids is 4. The number of carbonyl (C=O) groups is 4. The summed E-state index contributed by atoms with van der Waals surface area (Å²) < 4.78 is 27.3. The van der Waals surface area contributed by atoms with Crippen molar-refractivity contribution in [3.63, 3.8) is 0 Å². The van der Waals surface area contributed by atoms with E-state index in [0.717, 1.165) is 21.0 Å². The van der Waals surface area contributed by atoms with Crippen molar-refractivity contribution < 1.29 is 48.0 Å². The molecule has 2 saturated heterocycles. The molecule has 10 nitrogen and oxygen atoms in total. The van der Waals surface area contributed by atoms with Crippen molar-refractivity contribution in [1.82, 2.24) is 0 Å². The summed E-state index contributed by atoms with van der Waals surface area (Å²) in [4.78, 5) is 50.0. The Morgan fingerprint density at radius 1 is 1.36 bits per heavy atom. The molecule has 7 atom stereocenters. The van der Waals surface area contributed by atoms with E-state index in [0.29, 0.717) is 12.8 Å². The monoisotopic (exact) mass is 486 g/mol. The molecule has 11 heteroatoms. The molecule has 33 heavy (non-hydrogen) atoms. The highest BCUT2D eigenvalue weighted by Crippen LogP contribution is 2.50. The average Bonchev–Trinajstić information content (AvgIpc) is 3.34. The zero-order valence-electron chi connectivity index (χ0n) is 18.8. The quantitative estimate of drug-likeness (QED) is 0.196. The molecule has 0 saturated carbocycles. The van der Waals surface area contributed by atoms with Crippen molar-refractivity contribution in [1.29, 1.82) is 0 Å². The Morgan fingerprint density at radius 2 is 2.03 bits per heavy atom. The highest BCUT2D eigenvalue weighted by atomic mass is 35.5. The first-order valence-electron chi connectivity index (χ1n) is 10.4. The molecule has 2 aliphatic heterocycles. The van der Waals surface area contributed by atoms with E-state index in [1.54, 1.807) is 0 Å². The maximum absolute atomic E-state index is 12.8. The van der Waals surface area contributed by atoms with Crippen LogP contribution in [0, 0.1) is 5.92 Å². The van der Waals surface area contributed by atoms with E-state index in [2.05, 4.69) is 6.58 Å². The fraction of sp³-hybridized carbons (Fsp3) is 0.636. The normalized spacial score (nSPS) is 36.7. The molecule has 1 aliphatic carbocycles. The molecule has 182 valence electrons. The molecule has 2 fully saturated rings. The summed E-state index contributed by atoms with van der Waals surface area (Å²) in [6.45, 7) is 7.87. The lowest BCUT2D eigenvalue weighted by Gasteiger charge is -2.35. The number of rotatable bonds is 5. The van der Waals surface area contributed by atoms with Gasteiger partial charge in [0.25, 0.3) is 0 Å². The second-order valence-corrected chi connectivity index (χ2v) is 9.04. The summed E-state index contributed by atoms with van der Waals surface area (Å²) in [6.07, 6.45) is -2.09. The number of aliphatic hydroxyl groups is 1. The van der Waals surface area contributed by atoms with Crippen LogP contribution in [0.4, 0.5) is 0 Å². The second-order valence-electron chi connectivity index (χ2n) is 8.77. The minimum absolute atomic E-state index is 0.0527. The summed E-state index contributed by atoms with van der Waals surface area (Å²) in [7, 11) is 1.15. The number of alkyl halides is 1. The average molecular weight is 487 g/mol. The molecular weight excluding hydrogens is 460 g/mol. The summed E-state index contributed by atoms with van der Waals surface area (Å²) in [5.74, 6) is -5.03. The highest BCUT2D eigenvalue weighted by Gasteiger charge is 2.65. The second kappa shape index (κ2) is 9.08. The van der Waals surface area contributed by atoms with Crippen molar-refractivity contribution in [3.8, 4) is 0 Å². The standard InChI is InChI=1S/C22H27ClO10/c1-10-13-15(32-20(27)21(3,28)9-23)14(30-11(2)24)12(19(26)29-5)7-6-8-22(4)17(33-22)16(13)31-18(10)25/h7,13-17,28H,1,6,8-9H2,2-5H3/b12-7+/t13-,14?,15-,16+,17-,21?,22-/m1/s1. The van der Waals surface area contributed by atoms with Crippen LogP contribution in [0.3, 0.4) is 0 Å². The van der Waals surface area contributed by atoms with Gasteiger partial charge in [-0.1, -0.05) is 12.7 Å². The largest absolute Gasteiger partial charge is 0.466 e. The summed E-state index contributed by atoms with van der Waals surface area (Å²) in [5.41, 5.74) is -2.90. The van der Waals surface area contributed by atoms with Gasteiger partial charge >= 0.3 is 23.9 Å². The third kappa shape index (κ3) is 4.78. The first-order valence-corrected chi connectivity index (χ1v) is 10.9. The topological polar surface area (TPSA) is 138 Å². The van der Waals surface area contributed by atoms with E-state index in [1.165, 1.54) is 6.08 Å². The number of hydrogen-bond acceptors (Lipinski definition) is 10. The smallest absolute Gasteiger partial charge is 0.339 e. The fourth-order valence-electron chi connectivity index (χ4n) is 4.18. The number of halogens is 1. The molecule has 3 aliphatic rings. The minimum atomic E-state index is -2.10.